The Bertz CT molecular complexity index is 1020. The van der Waals surface area contributed by atoms with E-state index in [1.807, 2.05) is 0 Å². The number of fused-ring (bicyclic) bond motifs is 3. The lowest BCUT2D eigenvalue weighted by Gasteiger charge is -2.33. The molecule has 132 valence electrons. The number of carbonyl (C=O) groups is 3. The van der Waals surface area contributed by atoms with Crippen molar-refractivity contribution >= 4 is 17.3 Å². The van der Waals surface area contributed by atoms with Crippen LogP contribution in [0.5, 0.6) is 11.5 Å². The van der Waals surface area contributed by atoms with E-state index in [9.17, 15) is 29.7 Å². The first-order valence-electron chi connectivity index (χ1n) is 8.27. The summed E-state index contributed by atoms with van der Waals surface area (Å²) in [6, 6.07) is 6.22. The van der Waals surface area contributed by atoms with Crippen LogP contribution in [0.2, 0.25) is 0 Å². The van der Waals surface area contributed by atoms with Crippen molar-refractivity contribution in [3.8, 4) is 11.5 Å². The van der Waals surface area contributed by atoms with Crippen LogP contribution < -0.4 is 0 Å². The van der Waals surface area contributed by atoms with Crippen molar-refractivity contribution in [1.29, 1.82) is 0 Å². The highest BCUT2D eigenvalue weighted by Crippen LogP contribution is 2.47. The largest absolute Gasteiger partial charge is 0.507 e. The summed E-state index contributed by atoms with van der Waals surface area (Å²) in [7, 11) is 0. The van der Waals surface area contributed by atoms with Gasteiger partial charge in [-0.15, -0.1) is 0 Å². The van der Waals surface area contributed by atoms with Crippen molar-refractivity contribution in [3.05, 3.63) is 57.6 Å². The number of ketones is 3. The van der Waals surface area contributed by atoms with Gasteiger partial charge in [-0.1, -0.05) is 24.3 Å². The van der Waals surface area contributed by atoms with Gasteiger partial charge in [-0.05, 0) is 19.8 Å². The topological polar surface area (TPSA) is 112 Å². The van der Waals surface area contributed by atoms with Crippen LogP contribution in [0, 0.1) is 0 Å². The monoisotopic (exact) mass is 352 g/mol. The first kappa shape index (κ1) is 16.5. The van der Waals surface area contributed by atoms with E-state index >= 15 is 0 Å². The Balaban J connectivity index is 2.00. The SMILES string of the molecule is CC(=O)C1(O)CCc2c(O)c3c(c(O)c2C1)C(=O)c1ccccc1C3=O. The summed E-state index contributed by atoms with van der Waals surface area (Å²) in [4.78, 5) is 37.5. The summed E-state index contributed by atoms with van der Waals surface area (Å²) in [6.45, 7) is 1.26. The van der Waals surface area contributed by atoms with Crippen LogP contribution in [0.1, 0.15) is 56.3 Å². The van der Waals surface area contributed by atoms with Gasteiger partial charge in [0, 0.05) is 28.7 Å². The van der Waals surface area contributed by atoms with Gasteiger partial charge < -0.3 is 15.3 Å². The molecule has 2 aliphatic rings. The van der Waals surface area contributed by atoms with Crippen LogP contribution in [0.25, 0.3) is 0 Å². The van der Waals surface area contributed by atoms with Crippen molar-refractivity contribution in [3.63, 3.8) is 0 Å². The van der Waals surface area contributed by atoms with Gasteiger partial charge in [-0.3, -0.25) is 14.4 Å². The molecule has 0 saturated heterocycles. The first-order chi connectivity index (χ1) is 12.3. The molecule has 0 aromatic heterocycles. The zero-order valence-electron chi connectivity index (χ0n) is 14.0. The molecule has 0 spiro atoms. The standard InChI is InChI=1S/C20H16O6/c1-9(21)20(26)7-6-12-13(8-20)19(25)15-14(18(12)24)16(22)10-4-2-3-5-11(10)17(15)23/h2-5,24-26H,6-8H2,1H3. The first-order valence-corrected chi connectivity index (χ1v) is 8.27. The molecule has 1 unspecified atom stereocenters. The lowest BCUT2D eigenvalue weighted by molar-refractivity contribution is -0.136. The Morgan fingerprint density at radius 1 is 0.962 bits per heavy atom. The fourth-order valence-electron chi connectivity index (χ4n) is 3.89. The lowest BCUT2D eigenvalue weighted by atomic mass is 9.73. The number of phenols is 2. The van der Waals surface area contributed by atoms with Gasteiger partial charge in [0.25, 0.3) is 0 Å². The van der Waals surface area contributed by atoms with Crippen LogP contribution >= 0.6 is 0 Å². The smallest absolute Gasteiger partial charge is 0.198 e. The van der Waals surface area contributed by atoms with Gasteiger partial charge in [0.1, 0.15) is 17.1 Å². The summed E-state index contributed by atoms with van der Waals surface area (Å²) in [5.74, 6) is -2.35. The molecule has 2 aromatic carbocycles. The van der Waals surface area contributed by atoms with Crippen LogP contribution in [0.3, 0.4) is 0 Å². The average Bonchev–Trinajstić information content (AvgIpc) is 2.62. The highest BCUT2D eigenvalue weighted by Gasteiger charge is 2.43. The maximum atomic E-state index is 12.9. The summed E-state index contributed by atoms with van der Waals surface area (Å²) in [5.41, 5.74) is -1.37. The number of aromatic hydroxyl groups is 2. The van der Waals surface area contributed by atoms with Crippen LogP contribution in [0.4, 0.5) is 0 Å². The minimum atomic E-state index is -1.66. The molecule has 6 heteroatoms. The third-order valence-electron chi connectivity index (χ3n) is 5.44. The predicted octanol–water partition coefficient (Wildman–Crippen LogP) is 1.68. The molecule has 0 bridgehead atoms. The van der Waals surface area contributed by atoms with E-state index < -0.39 is 28.7 Å². The third kappa shape index (κ3) is 1.99. The molecule has 2 aromatic rings. The highest BCUT2D eigenvalue weighted by molar-refractivity contribution is 6.30. The molecule has 2 aliphatic carbocycles. The van der Waals surface area contributed by atoms with Gasteiger partial charge in [0.2, 0.25) is 0 Å². The number of benzene rings is 2. The van der Waals surface area contributed by atoms with E-state index in [0.717, 1.165) is 0 Å². The second kappa shape index (κ2) is 5.25. The van der Waals surface area contributed by atoms with Crippen LogP contribution in [-0.4, -0.2) is 38.3 Å². The van der Waals surface area contributed by atoms with Gasteiger partial charge in [0.05, 0.1) is 11.1 Å². The quantitative estimate of drug-likeness (QED) is 0.575. The second-order valence-corrected chi connectivity index (χ2v) is 6.87. The van der Waals surface area contributed by atoms with Crippen LogP contribution in [-0.2, 0) is 17.6 Å². The lowest BCUT2D eigenvalue weighted by Crippen LogP contribution is -2.42. The number of hydrogen-bond acceptors (Lipinski definition) is 6. The third-order valence-corrected chi connectivity index (χ3v) is 5.44. The number of carbonyl (C=O) groups excluding carboxylic acids is 3. The minimum Gasteiger partial charge on any atom is -0.507 e. The van der Waals surface area contributed by atoms with Crippen molar-refractivity contribution in [2.45, 2.75) is 31.8 Å². The molecular weight excluding hydrogens is 336 g/mol. The maximum Gasteiger partial charge on any atom is 0.198 e. The van der Waals surface area contributed by atoms with Crippen molar-refractivity contribution in [1.82, 2.24) is 0 Å². The van der Waals surface area contributed by atoms with Crippen LogP contribution in [0.15, 0.2) is 24.3 Å². The predicted molar refractivity (Wildman–Crippen MR) is 90.7 cm³/mol. The Labute approximate surface area is 148 Å². The molecule has 4 rings (SSSR count). The van der Waals surface area contributed by atoms with Gasteiger partial charge >= 0.3 is 0 Å². The summed E-state index contributed by atoms with van der Waals surface area (Å²) < 4.78 is 0. The van der Waals surface area contributed by atoms with Crippen molar-refractivity contribution in [2.24, 2.45) is 0 Å². The number of hydrogen-bond donors (Lipinski definition) is 3. The van der Waals surface area contributed by atoms with Gasteiger partial charge in [0.15, 0.2) is 17.3 Å². The van der Waals surface area contributed by atoms with Crippen molar-refractivity contribution < 1.29 is 29.7 Å². The Hall–Kier alpha value is -2.99. The number of Topliss-reactive ketones (excluding diaryl/α,β-unsaturated/α-hetero) is 1. The Morgan fingerprint density at radius 3 is 1.96 bits per heavy atom. The Morgan fingerprint density at radius 2 is 1.46 bits per heavy atom. The summed E-state index contributed by atoms with van der Waals surface area (Å²) >= 11 is 0. The molecule has 0 saturated carbocycles. The second-order valence-electron chi connectivity index (χ2n) is 6.87. The molecule has 0 fully saturated rings. The van der Waals surface area contributed by atoms with E-state index in [1.54, 1.807) is 12.1 Å². The van der Waals surface area contributed by atoms with Gasteiger partial charge in [-0.2, -0.15) is 0 Å². The van der Waals surface area contributed by atoms with E-state index in [2.05, 4.69) is 0 Å². The molecule has 26 heavy (non-hydrogen) atoms. The van der Waals surface area contributed by atoms with Gasteiger partial charge in [-0.25, -0.2) is 0 Å². The summed E-state index contributed by atoms with van der Waals surface area (Å²) in [5, 5.41) is 31.9. The molecule has 6 nitrogen and oxygen atoms in total. The van der Waals surface area contributed by atoms with E-state index in [0.29, 0.717) is 5.56 Å². The number of aliphatic hydroxyl groups is 1. The molecule has 0 amide bonds. The number of rotatable bonds is 1. The zero-order valence-corrected chi connectivity index (χ0v) is 14.0. The zero-order chi connectivity index (χ0) is 18.8. The molecule has 0 heterocycles. The van der Waals surface area contributed by atoms with E-state index in [1.165, 1.54) is 19.1 Å². The van der Waals surface area contributed by atoms with E-state index in [-0.39, 0.29) is 52.8 Å². The van der Waals surface area contributed by atoms with E-state index in [4.69, 9.17) is 0 Å². The summed E-state index contributed by atoms with van der Waals surface area (Å²) in [6.07, 6.45) is -0.0332. The fraction of sp³-hybridized carbons (Fsp3) is 0.250. The highest BCUT2D eigenvalue weighted by atomic mass is 16.3. The fourth-order valence-corrected chi connectivity index (χ4v) is 3.89. The van der Waals surface area contributed by atoms with Crippen molar-refractivity contribution in [2.75, 3.05) is 0 Å². The minimum absolute atomic E-state index is 0.0693. The Kier molecular flexibility index (Phi) is 3.33. The molecular formula is C20H16O6. The molecule has 3 N–H and O–H groups in total. The average molecular weight is 352 g/mol. The molecule has 1 atom stereocenters. The normalized spacial score (nSPS) is 21.0. The number of phenolic OH excluding ortho intramolecular Hbond substituents is 2. The maximum absolute atomic E-state index is 12.9. The molecule has 0 radical (unpaired) electrons. The molecule has 0 aliphatic heterocycles.